The van der Waals surface area contributed by atoms with Crippen LogP contribution in [0.25, 0.3) is 0 Å². The minimum atomic E-state index is -0.352. The zero-order chi connectivity index (χ0) is 28.8. The van der Waals surface area contributed by atoms with Gasteiger partial charge in [-0.25, -0.2) is 0 Å². The van der Waals surface area contributed by atoms with Crippen LogP contribution in [0.5, 0.6) is 0 Å². The first-order valence-electron chi connectivity index (χ1n) is 17.3. The molecular formula is C35H68O4. The molecule has 232 valence electrons. The number of hydrogen-bond donors (Lipinski definition) is 0. The number of carbonyl (C=O) groups excluding carboxylic acids is 2. The van der Waals surface area contributed by atoms with Crippen LogP contribution in [0.2, 0.25) is 0 Å². The highest BCUT2D eigenvalue weighted by Crippen LogP contribution is 2.24. The average molecular weight is 553 g/mol. The van der Waals surface area contributed by atoms with E-state index in [1.54, 1.807) is 0 Å². The van der Waals surface area contributed by atoms with Gasteiger partial charge in [0.2, 0.25) is 0 Å². The van der Waals surface area contributed by atoms with Crippen molar-refractivity contribution >= 4 is 11.9 Å². The van der Waals surface area contributed by atoms with E-state index in [0.29, 0.717) is 0 Å². The third-order valence-electron chi connectivity index (χ3n) is 8.23. The fraction of sp³-hybridized carbons (Fsp3) is 0.943. The molecule has 0 saturated heterocycles. The van der Waals surface area contributed by atoms with Crippen molar-refractivity contribution in [1.29, 1.82) is 0 Å². The quantitative estimate of drug-likeness (QED) is 0.0656. The highest BCUT2D eigenvalue weighted by atomic mass is 16.6. The van der Waals surface area contributed by atoms with Crippen molar-refractivity contribution in [3.63, 3.8) is 0 Å². The molecule has 2 atom stereocenters. The lowest BCUT2D eigenvalue weighted by Crippen LogP contribution is -2.33. The Morgan fingerprint density at radius 2 is 0.795 bits per heavy atom. The third kappa shape index (κ3) is 25.6. The van der Waals surface area contributed by atoms with Gasteiger partial charge in [-0.1, -0.05) is 168 Å². The van der Waals surface area contributed by atoms with Crippen molar-refractivity contribution in [2.24, 2.45) is 5.92 Å². The van der Waals surface area contributed by atoms with Crippen LogP contribution < -0.4 is 0 Å². The van der Waals surface area contributed by atoms with Gasteiger partial charge in [-0.3, -0.25) is 9.59 Å². The SMILES string of the molecule is CCCCCCCCCCCCCCC[C@H](OC(C)=O)[C@@H](CCCCCCCCCCCCCC)C(=O)OC. The van der Waals surface area contributed by atoms with E-state index in [1.807, 2.05) is 0 Å². The number of carbonyl (C=O) groups is 2. The Bertz CT molecular complexity index is 533. The number of ether oxygens (including phenoxy) is 2. The number of unbranched alkanes of at least 4 members (excludes halogenated alkanes) is 23. The van der Waals surface area contributed by atoms with E-state index in [0.717, 1.165) is 38.5 Å². The average Bonchev–Trinajstić information content (AvgIpc) is 2.92. The molecule has 0 bridgehead atoms. The number of methoxy groups -OCH3 is 1. The van der Waals surface area contributed by atoms with Crippen molar-refractivity contribution in [3.05, 3.63) is 0 Å². The highest BCUT2D eigenvalue weighted by Gasteiger charge is 2.30. The van der Waals surface area contributed by atoms with Gasteiger partial charge in [0.15, 0.2) is 0 Å². The molecule has 0 fully saturated rings. The van der Waals surface area contributed by atoms with Crippen LogP contribution in [0.15, 0.2) is 0 Å². The Labute approximate surface area is 244 Å². The van der Waals surface area contributed by atoms with Gasteiger partial charge < -0.3 is 9.47 Å². The summed E-state index contributed by atoms with van der Waals surface area (Å²) in [6, 6.07) is 0. The van der Waals surface area contributed by atoms with Gasteiger partial charge in [-0.2, -0.15) is 0 Å². The predicted molar refractivity (Wildman–Crippen MR) is 167 cm³/mol. The van der Waals surface area contributed by atoms with E-state index in [1.165, 1.54) is 149 Å². The predicted octanol–water partition coefficient (Wildman–Crippen LogP) is 11.3. The van der Waals surface area contributed by atoms with Crippen molar-refractivity contribution < 1.29 is 19.1 Å². The summed E-state index contributed by atoms with van der Waals surface area (Å²) in [5.41, 5.74) is 0. The second kappa shape index (κ2) is 29.9. The van der Waals surface area contributed by atoms with Gasteiger partial charge >= 0.3 is 11.9 Å². The van der Waals surface area contributed by atoms with Crippen molar-refractivity contribution in [2.75, 3.05) is 7.11 Å². The summed E-state index contributed by atoms with van der Waals surface area (Å²) in [6.45, 7) is 5.99. The highest BCUT2D eigenvalue weighted by molar-refractivity contribution is 5.74. The Balaban J connectivity index is 4.09. The molecule has 0 amide bonds. The van der Waals surface area contributed by atoms with Crippen molar-refractivity contribution in [1.82, 2.24) is 0 Å². The lowest BCUT2D eigenvalue weighted by atomic mass is 9.91. The molecule has 4 heteroatoms. The molecule has 0 aliphatic heterocycles. The monoisotopic (exact) mass is 553 g/mol. The topological polar surface area (TPSA) is 52.6 Å². The molecule has 0 aromatic heterocycles. The first-order valence-corrected chi connectivity index (χ1v) is 17.3. The van der Waals surface area contributed by atoms with Gasteiger partial charge in [0, 0.05) is 6.92 Å². The maximum absolute atomic E-state index is 12.6. The van der Waals surface area contributed by atoms with Crippen LogP contribution in [0.4, 0.5) is 0 Å². The number of rotatable bonds is 30. The van der Waals surface area contributed by atoms with E-state index in [9.17, 15) is 9.59 Å². The van der Waals surface area contributed by atoms with Crippen LogP contribution >= 0.6 is 0 Å². The second-order valence-electron chi connectivity index (χ2n) is 12.0. The second-order valence-corrected chi connectivity index (χ2v) is 12.0. The largest absolute Gasteiger partial charge is 0.469 e. The van der Waals surface area contributed by atoms with E-state index >= 15 is 0 Å². The van der Waals surface area contributed by atoms with Crippen LogP contribution in [-0.2, 0) is 19.1 Å². The zero-order valence-corrected chi connectivity index (χ0v) is 26.9. The fourth-order valence-corrected chi connectivity index (χ4v) is 5.73. The smallest absolute Gasteiger partial charge is 0.312 e. The van der Waals surface area contributed by atoms with Crippen LogP contribution in [0.3, 0.4) is 0 Å². The lowest BCUT2D eigenvalue weighted by Gasteiger charge is -2.25. The molecular weight excluding hydrogens is 484 g/mol. The van der Waals surface area contributed by atoms with Crippen LogP contribution in [0.1, 0.15) is 194 Å². The molecule has 0 heterocycles. The molecule has 39 heavy (non-hydrogen) atoms. The maximum Gasteiger partial charge on any atom is 0.312 e. The number of hydrogen-bond acceptors (Lipinski definition) is 4. The van der Waals surface area contributed by atoms with E-state index in [2.05, 4.69) is 13.8 Å². The summed E-state index contributed by atoms with van der Waals surface area (Å²) in [5, 5.41) is 0. The molecule has 0 radical (unpaired) electrons. The summed E-state index contributed by atoms with van der Waals surface area (Å²) < 4.78 is 10.8. The first-order chi connectivity index (χ1) is 19.1. The zero-order valence-electron chi connectivity index (χ0n) is 26.9. The van der Waals surface area contributed by atoms with Gasteiger partial charge in [-0.15, -0.1) is 0 Å². The molecule has 0 aromatic carbocycles. The third-order valence-corrected chi connectivity index (χ3v) is 8.23. The standard InChI is InChI=1S/C35H68O4/c1-5-7-9-11-13-15-17-19-21-23-25-27-29-31-34(39-32(3)36)33(35(37)38-4)30-28-26-24-22-20-18-16-14-12-10-8-6-2/h33-34H,5-31H2,1-4H3/t33-,34+/m1/s1. The molecule has 0 rings (SSSR count). The molecule has 0 unspecified atom stereocenters. The minimum absolute atomic E-state index is 0.223. The Hall–Kier alpha value is -1.06. The molecule has 0 N–H and O–H groups in total. The molecule has 4 nitrogen and oxygen atoms in total. The van der Waals surface area contributed by atoms with Crippen molar-refractivity contribution in [3.8, 4) is 0 Å². The lowest BCUT2D eigenvalue weighted by molar-refractivity contribution is -0.160. The van der Waals surface area contributed by atoms with Crippen molar-refractivity contribution in [2.45, 2.75) is 200 Å². The fourth-order valence-electron chi connectivity index (χ4n) is 5.73. The Kier molecular flexibility index (Phi) is 29.1. The molecule has 0 aliphatic carbocycles. The van der Waals surface area contributed by atoms with E-state index in [-0.39, 0.29) is 24.0 Å². The van der Waals surface area contributed by atoms with Gasteiger partial charge in [-0.05, 0) is 19.3 Å². The van der Waals surface area contributed by atoms with Gasteiger partial charge in [0.25, 0.3) is 0 Å². The van der Waals surface area contributed by atoms with Crippen LogP contribution in [0, 0.1) is 5.92 Å². The molecule has 0 aromatic rings. The molecule has 0 spiro atoms. The molecule has 0 saturated carbocycles. The molecule has 0 aliphatic rings. The normalized spacial score (nSPS) is 12.8. The summed E-state index contributed by atoms with van der Waals surface area (Å²) >= 11 is 0. The summed E-state index contributed by atoms with van der Waals surface area (Å²) in [6.07, 6.45) is 33.7. The minimum Gasteiger partial charge on any atom is -0.469 e. The van der Waals surface area contributed by atoms with Gasteiger partial charge in [0.1, 0.15) is 6.10 Å². The number of esters is 2. The first kappa shape index (κ1) is 37.9. The van der Waals surface area contributed by atoms with Gasteiger partial charge in [0.05, 0.1) is 13.0 Å². The summed E-state index contributed by atoms with van der Waals surface area (Å²) in [7, 11) is 1.45. The van der Waals surface area contributed by atoms with E-state index in [4.69, 9.17) is 9.47 Å². The Morgan fingerprint density at radius 3 is 1.10 bits per heavy atom. The summed E-state index contributed by atoms with van der Waals surface area (Å²) in [4.78, 5) is 24.4. The van der Waals surface area contributed by atoms with E-state index < -0.39 is 0 Å². The van der Waals surface area contributed by atoms with Crippen LogP contribution in [-0.4, -0.2) is 25.2 Å². The summed E-state index contributed by atoms with van der Waals surface area (Å²) in [5.74, 6) is -0.850. The Morgan fingerprint density at radius 1 is 0.487 bits per heavy atom. The maximum atomic E-state index is 12.6.